The molecule has 1 unspecified atom stereocenters. The van der Waals surface area contributed by atoms with Crippen LogP contribution in [0.1, 0.15) is 18.6 Å². The van der Waals surface area contributed by atoms with E-state index in [1.807, 2.05) is 12.1 Å². The number of benzene rings is 2. The van der Waals surface area contributed by atoms with Gasteiger partial charge < -0.3 is 20.3 Å². The first-order chi connectivity index (χ1) is 15.3. The molecule has 2 aromatic carbocycles. The summed E-state index contributed by atoms with van der Waals surface area (Å²) in [6, 6.07) is 12.5. The van der Waals surface area contributed by atoms with E-state index < -0.39 is 11.9 Å². The summed E-state index contributed by atoms with van der Waals surface area (Å²) in [5, 5.41) is 8.47. The van der Waals surface area contributed by atoms with Crippen LogP contribution in [0.3, 0.4) is 0 Å². The third-order valence-corrected chi connectivity index (χ3v) is 6.32. The van der Waals surface area contributed by atoms with E-state index in [-0.39, 0.29) is 10.8 Å². The normalized spacial score (nSPS) is 15.6. The van der Waals surface area contributed by atoms with E-state index in [0.29, 0.717) is 22.0 Å². The molecule has 0 saturated carbocycles. The standard InChI is InChI=1S/C23H24Cl2FN5O/c1-14(21-17(24)7-8-18(26)22(21)25)32-20-13-19(28-29-23(20)27)15-3-5-16(6-4-15)31-11-9-30(2)10-12-31/h3-8,13-14H,9-12H2,1-2H3,(H2,27,29). The molecule has 2 heterocycles. The number of hydrogen-bond donors (Lipinski definition) is 1. The molecule has 168 valence electrons. The van der Waals surface area contributed by atoms with E-state index in [0.717, 1.165) is 31.7 Å². The molecule has 3 aromatic rings. The van der Waals surface area contributed by atoms with E-state index >= 15 is 0 Å². The molecule has 0 spiro atoms. The zero-order valence-electron chi connectivity index (χ0n) is 17.9. The van der Waals surface area contributed by atoms with Crippen molar-refractivity contribution in [1.29, 1.82) is 0 Å². The number of nitrogen functional groups attached to an aromatic ring is 1. The van der Waals surface area contributed by atoms with Gasteiger partial charge in [0, 0.05) is 54.1 Å². The van der Waals surface area contributed by atoms with Crippen molar-refractivity contribution in [2.24, 2.45) is 0 Å². The molecule has 2 N–H and O–H groups in total. The Kier molecular flexibility index (Phi) is 6.69. The van der Waals surface area contributed by atoms with Gasteiger partial charge >= 0.3 is 0 Å². The summed E-state index contributed by atoms with van der Waals surface area (Å²) in [7, 11) is 2.14. The van der Waals surface area contributed by atoms with E-state index in [1.54, 1.807) is 13.0 Å². The SMILES string of the molecule is CC(Oc1cc(-c2ccc(N3CCN(C)CC3)cc2)nnc1N)c1c(Cl)ccc(F)c1Cl. The van der Waals surface area contributed by atoms with Crippen LogP contribution in [0.2, 0.25) is 10.0 Å². The minimum Gasteiger partial charge on any atom is -0.482 e. The molecule has 0 radical (unpaired) electrons. The predicted octanol–water partition coefficient (Wildman–Crippen LogP) is 5.06. The second-order valence-electron chi connectivity index (χ2n) is 7.83. The highest BCUT2D eigenvalue weighted by molar-refractivity contribution is 6.36. The molecule has 1 saturated heterocycles. The van der Waals surface area contributed by atoms with Gasteiger partial charge in [-0.25, -0.2) is 4.39 Å². The number of nitrogens with two attached hydrogens (primary N) is 1. The van der Waals surface area contributed by atoms with Crippen LogP contribution in [-0.2, 0) is 0 Å². The van der Waals surface area contributed by atoms with Crippen molar-refractivity contribution in [1.82, 2.24) is 15.1 Å². The van der Waals surface area contributed by atoms with Gasteiger partial charge in [-0.2, -0.15) is 0 Å². The molecule has 0 bridgehead atoms. The summed E-state index contributed by atoms with van der Waals surface area (Å²) in [6.07, 6.45) is -0.648. The number of aromatic nitrogens is 2. The molecule has 1 fully saturated rings. The fourth-order valence-electron chi connectivity index (χ4n) is 3.69. The number of halogens is 3. The zero-order chi connectivity index (χ0) is 22.8. The van der Waals surface area contributed by atoms with Gasteiger partial charge in [0.25, 0.3) is 0 Å². The number of ether oxygens (including phenoxy) is 1. The summed E-state index contributed by atoms with van der Waals surface area (Å²) in [6.45, 7) is 5.81. The number of hydrogen-bond acceptors (Lipinski definition) is 6. The third kappa shape index (κ3) is 4.75. The van der Waals surface area contributed by atoms with Crippen LogP contribution in [0.5, 0.6) is 5.75 Å². The highest BCUT2D eigenvalue weighted by atomic mass is 35.5. The van der Waals surface area contributed by atoms with E-state index in [4.69, 9.17) is 33.7 Å². The Morgan fingerprint density at radius 3 is 2.41 bits per heavy atom. The van der Waals surface area contributed by atoms with Crippen molar-refractivity contribution in [3.63, 3.8) is 0 Å². The van der Waals surface area contributed by atoms with E-state index in [1.165, 1.54) is 17.8 Å². The molecule has 0 amide bonds. The molecule has 1 aliphatic rings. The molecule has 0 aliphatic carbocycles. The van der Waals surface area contributed by atoms with Crippen molar-refractivity contribution >= 4 is 34.7 Å². The third-order valence-electron chi connectivity index (χ3n) is 5.61. The molecule has 6 nitrogen and oxygen atoms in total. The van der Waals surface area contributed by atoms with Crippen molar-refractivity contribution in [2.45, 2.75) is 13.0 Å². The van der Waals surface area contributed by atoms with E-state index in [9.17, 15) is 4.39 Å². The maximum absolute atomic E-state index is 13.9. The maximum Gasteiger partial charge on any atom is 0.188 e. The largest absolute Gasteiger partial charge is 0.482 e. The Bertz CT molecular complexity index is 1100. The summed E-state index contributed by atoms with van der Waals surface area (Å²) in [4.78, 5) is 4.68. The monoisotopic (exact) mass is 475 g/mol. The second kappa shape index (κ2) is 9.48. The van der Waals surface area contributed by atoms with Gasteiger partial charge in [0.1, 0.15) is 11.9 Å². The molecular formula is C23H24Cl2FN5O. The van der Waals surface area contributed by atoms with Gasteiger partial charge in [-0.05, 0) is 38.2 Å². The first-order valence-electron chi connectivity index (χ1n) is 10.3. The number of rotatable bonds is 5. The van der Waals surface area contributed by atoms with Crippen molar-refractivity contribution < 1.29 is 9.13 Å². The molecule has 32 heavy (non-hydrogen) atoms. The summed E-state index contributed by atoms with van der Waals surface area (Å²) in [5.74, 6) is -0.121. The predicted molar refractivity (Wildman–Crippen MR) is 127 cm³/mol. The topological polar surface area (TPSA) is 67.5 Å². The Balaban J connectivity index is 1.55. The lowest BCUT2D eigenvalue weighted by Gasteiger charge is -2.34. The first-order valence-corrected chi connectivity index (χ1v) is 11.1. The van der Waals surface area contributed by atoms with Crippen molar-refractivity contribution in [3.8, 4) is 17.0 Å². The lowest BCUT2D eigenvalue weighted by Crippen LogP contribution is -2.44. The van der Waals surface area contributed by atoms with Crippen LogP contribution >= 0.6 is 23.2 Å². The Morgan fingerprint density at radius 2 is 1.72 bits per heavy atom. The van der Waals surface area contributed by atoms with Crippen molar-refractivity contribution in [3.05, 3.63) is 63.9 Å². The minimum atomic E-state index is -0.648. The van der Waals surface area contributed by atoms with Gasteiger partial charge in [-0.3, -0.25) is 0 Å². The number of piperazine rings is 1. The van der Waals surface area contributed by atoms with Gasteiger partial charge in [-0.15, -0.1) is 10.2 Å². The van der Waals surface area contributed by atoms with Crippen LogP contribution in [-0.4, -0.2) is 48.3 Å². The molecule has 1 atom stereocenters. The van der Waals surface area contributed by atoms with Crippen LogP contribution in [0.25, 0.3) is 11.3 Å². The molecular weight excluding hydrogens is 452 g/mol. The van der Waals surface area contributed by atoms with Gasteiger partial charge in [0.05, 0.1) is 10.7 Å². The second-order valence-corrected chi connectivity index (χ2v) is 8.62. The zero-order valence-corrected chi connectivity index (χ0v) is 19.4. The van der Waals surface area contributed by atoms with Gasteiger partial charge in [-0.1, -0.05) is 35.3 Å². The first kappa shape index (κ1) is 22.6. The highest BCUT2D eigenvalue weighted by Crippen LogP contribution is 2.36. The van der Waals surface area contributed by atoms with Crippen molar-refractivity contribution in [2.75, 3.05) is 43.9 Å². The Labute approximate surface area is 196 Å². The van der Waals surface area contributed by atoms with Crippen LogP contribution in [0, 0.1) is 5.82 Å². The average molecular weight is 476 g/mol. The lowest BCUT2D eigenvalue weighted by molar-refractivity contribution is 0.227. The number of nitrogens with zero attached hydrogens (tertiary/aromatic N) is 4. The van der Waals surface area contributed by atoms with Gasteiger partial charge in [0.2, 0.25) is 0 Å². The summed E-state index contributed by atoms with van der Waals surface area (Å²) >= 11 is 12.3. The molecule has 1 aromatic heterocycles. The fraction of sp³-hybridized carbons (Fsp3) is 0.304. The molecule has 9 heteroatoms. The minimum absolute atomic E-state index is 0.0784. The smallest absolute Gasteiger partial charge is 0.188 e. The summed E-state index contributed by atoms with van der Waals surface area (Å²) in [5.41, 5.74) is 9.00. The Morgan fingerprint density at radius 1 is 1.03 bits per heavy atom. The Hall–Kier alpha value is -2.61. The number of likely N-dealkylation sites (N-methyl/N-ethyl adjacent to an activating group) is 1. The molecule has 1 aliphatic heterocycles. The highest BCUT2D eigenvalue weighted by Gasteiger charge is 2.20. The average Bonchev–Trinajstić information content (AvgIpc) is 2.79. The quantitative estimate of drug-likeness (QED) is 0.519. The van der Waals surface area contributed by atoms with E-state index in [2.05, 4.69) is 39.2 Å². The molecule has 4 rings (SSSR count). The van der Waals surface area contributed by atoms with Crippen LogP contribution in [0.15, 0.2) is 42.5 Å². The summed E-state index contributed by atoms with van der Waals surface area (Å²) < 4.78 is 19.9. The van der Waals surface area contributed by atoms with Crippen LogP contribution < -0.4 is 15.4 Å². The maximum atomic E-state index is 13.9. The van der Waals surface area contributed by atoms with Gasteiger partial charge in [0.15, 0.2) is 11.6 Å². The number of anilines is 2. The van der Waals surface area contributed by atoms with Crippen LogP contribution in [0.4, 0.5) is 15.9 Å². The fourth-order valence-corrected chi connectivity index (χ4v) is 4.37. The lowest BCUT2D eigenvalue weighted by atomic mass is 10.1.